The van der Waals surface area contributed by atoms with Crippen LogP contribution in [0.5, 0.6) is 0 Å². The first-order valence-electron chi connectivity index (χ1n) is 14.0. The van der Waals surface area contributed by atoms with Gasteiger partial charge in [0.1, 0.15) is 23.1 Å². The van der Waals surface area contributed by atoms with E-state index in [2.05, 4.69) is 30.3 Å². The number of imidazole rings is 1. The summed E-state index contributed by atoms with van der Waals surface area (Å²) >= 11 is 11.0. The maximum atomic E-state index is 12.5. The first-order valence-corrected chi connectivity index (χ1v) is 19.2. The van der Waals surface area contributed by atoms with Crippen LogP contribution in [0.15, 0.2) is 17.4 Å². The molecule has 256 valence electrons. The summed E-state index contributed by atoms with van der Waals surface area (Å²) in [6, 6.07) is 0. The molecule has 3 saturated heterocycles. The second-order valence-electron chi connectivity index (χ2n) is 11.5. The van der Waals surface area contributed by atoms with Gasteiger partial charge < -0.3 is 50.6 Å². The number of hydrogen-bond donors (Lipinski definition) is 8. The molecule has 11 N–H and O–H groups in total. The number of aliphatic hydroxyl groups is 1. The molecular formula is C22H31N11O10P2S2. The SMILES string of the molecule is CNN(c1nc(N)[nH]c(=O)c1N)[C@@]12COC(COP(O)(=S)OC34CC[C@]3(COP(O)(=S)O1)OC[C@]4(O)n1cnc3c(N)ncnc31)C2. The predicted molar refractivity (Wildman–Crippen MR) is 170 cm³/mol. The Morgan fingerprint density at radius 2 is 1.87 bits per heavy atom. The van der Waals surface area contributed by atoms with Gasteiger partial charge in [-0.15, -0.1) is 0 Å². The molecule has 1 saturated carbocycles. The van der Waals surface area contributed by atoms with Crippen LogP contribution in [0.2, 0.25) is 0 Å². The molecule has 6 heterocycles. The summed E-state index contributed by atoms with van der Waals surface area (Å²) in [5.41, 5.74) is 12.9. The van der Waals surface area contributed by atoms with E-state index in [1.165, 1.54) is 29.3 Å². The number of hydrazine groups is 1. The first-order chi connectivity index (χ1) is 22.1. The third kappa shape index (κ3) is 5.00. The number of nitrogens with zero attached hydrogens (tertiary/aromatic N) is 6. The van der Waals surface area contributed by atoms with E-state index in [0.717, 1.165) is 0 Å². The Balaban J connectivity index is 1.30. The highest BCUT2D eigenvalue weighted by Gasteiger charge is 2.79. The van der Waals surface area contributed by atoms with E-state index in [4.69, 9.17) is 68.4 Å². The van der Waals surface area contributed by atoms with E-state index in [-0.39, 0.29) is 66.9 Å². The van der Waals surface area contributed by atoms with Gasteiger partial charge in [-0.1, -0.05) is 0 Å². The predicted octanol–water partition coefficient (Wildman–Crippen LogP) is -1.76. The molecule has 4 unspecified atom stereocenters. The molecule has 4 fully saturated rings. The topological polar surface area (TPSA) is 299 Å². The van der Waals surface area contributed by atoms with E-state index >= 15 is 0 Å². The minimum Gasteiger partial charge on any atom is -0.391 e. The molecule has 0 spiro atoms. The van der Waals surface area contributed by atoms with E-state index in [0.29, 0.717) is 0 Å². The number of hydrogen-bond acceptors (Lipinski definition) is 19. The molecular weight excluding hydrogens is 704 g/mol. The van der Waals surface area contributed by atoms with E-state index in [1.54, 1.807) is 0 Å². The average molecular weight is 736 g/mol. The molecule has 7 rings (SSSR count). The fourth-order valence-corrected chi connectivity index (χ4v) is 10.0. The van der Waals surface area contributed by atoms with Crippen LogP contribution in [-0.4, -0.2) is 101 Å². The van der Waals surface area contributed by atoms with Gasteiger partial charge in [-0.3, -0.25) is 28.4 Å². The fourth-order valence-electron chi connectivity index (χ4n) is 6.64. The lowest BCUT2D eigenvalue weighted by Gasteiger charge is -2.57. The number of H-pyrrole nitrogens is 1. The van der Waals surface area contributed by atoms with Gasteiger partial charge in [0, 0.05) is 13.5 Å². The lowest BCUT2D eigenvalue weighted by molar-refractivity contribution is -0.252. The van der Waals surface area contributed by atoms with Crippen molar-refractivity contribution in [3.05, 3.63) is 23.0 Å². The Kier molecular flexibility index (Phi) is 7.75. The van der Waals surface area contributed by atoms with Gasteiger partial charge in [0.15, 0.2) is 28.6 Å². The lowest BCUT2D eigenvalue weighted by atomic mass is 9.62. The van der Waals surface area contributed by atoms with Crippen LogP contribution >= 0.6 is 13.4 Å². The third-order valence-corrected chi connectivity index (χ3v) is 12.0. The molecule has 1 aliphatic carbocycles. The molecule has 47 heavy (non-hydrogen) atoms. The molecule has 2 bridgehead atoms. The lowest BCUT2D eigenvalue weighted by Crippen LogP contribution is -2.72. The van der Waals surface area contributed by atoms with Crippen molar-refractivity contribution in [1.82, 2.24) is 34.9 Å². The Morgan fingerprint density at radius 1 is 1.11 bits per heavy atom. The van der Waals surface area contributed by atoms with Crippen molar-refractivity contribution < 1.29 is 42.5 Å². The number of ether oxygens (including phenoxy) is 2. The van der Waals surface area contributed by atoms with Crippen LogP contribution in [0.4, 0.5) is 23.3 Å². The van der Waals surface area contributed by atoms with Gasteiger partial charge in [0.25, 0.3) is 5.56 Å². The Labute approximate surface area is 275 Å². The summed E-state index contributed by atoms with van der Waals surface area (Å²) in [6.07, 6.45) is 1.86. The summed E-state index contributed by atoms with van der Waals surface area (Å²) in [6.45, 7) is -9.97. The van der Waals surface area contributed by atoms with Crippen molar-refractivity contribution in [3.8, 4) is 0 Å². The molecule has 3 aromatic rings. The van der Waals surface area contributed by atoms with Gasteiger partial charge in [0.2, 0.25) is 11.7 Å². The van der Waals surface area contributed by atoms with E-state index < -0.39 is 61.0 Å². The average Bonchev–Trinajstić information content (AvgIpc) is 3.65. The molecule has 21 nitrogen and oxygen atoms in total. The Hall–Kier alpha value is -2.47. The van der Waals surface area contributed by atoms with Crippen LogP contribution in [0, 0.1) is 0 Å². The number of anilines is 4. The minimum absolute atomic E-state index is 0.0703. The minimum atomic E-state index is -4.27. The van der Waals surface area contributed by atoms with Crippen LogP contribution < -0.4 is 33.2 Å². The number of fused-ring (bicyclic) bond motifs is 3. The second-order valence-corrected chi connectivity index (χ2v) is 17.0. The van der Waals surface area contributed by atoms with Crippen molar-refractivity contribution in [3.63, 3.8) is 0 Å². The zero-order valence-corrected chi connectivity index (χ0v) is 27.9. The van der Waals surface area contributed by atoms with E-state index in [9.17, 15) is 19.7 Å². The van der Waals surface area contributed by atoms with Crippen LogP contribution in [-0.2, 0) is 56.9 Å². The molecule has 0 radical (unpaired) electrons. The number of aromatic amines is 1. The van der Waals surface area contributed by atoms with Crippen LogP contribution in [0.25, 0.3) is 11.2 Å². The van der Waals surface area contributed by atoms with Gasteiger partial charge in [-0.2, -0.15) is 4.98 Å². The van der Waals surface area contributed by atoms with Crippen LogP contribution in [0.3, 0.4) is 0 Å². The number of aromatic nitrogens is 6. The maximum Gasteiger partial charge on any atom is 0.326 e. The van der Waals surface area contributed by atoms with E-state index in [1.807, 2.05) is 0 Å². The molecule has 7 atom stereocenters. The van der Waals surface area contributed by atoms with Crippen molar-refractivity contribution in [2.24, 2.45) is 0 Å². The molecule has 0 aromatic carbocycles. The highest BCUT2D eigenvalue weighted by Crippen LogP contribution is 2.68. The first kappa shape index (κ1) is 33.0. The van der Waals surface area contributed by atoms with Gasteiger partial charge in [-0.25, -0.2) is 20.4 Å². The van der Waals surface area contributed by atoms with Crippen molar-refractivity contribution in [2.75, 3.05) is 55.7 Å². The molecule has 4 aliphatic rings. The van der Waals surface area contributed by atoms with Crippen molar-refractivity contribution >= 4 is 71.5 Å². The monoisotopic (exact) mass is 735 g/mol. The summed E-state index contributed by atoms with van der Waals surface area (Å²) in [4.78, 5) is 54.4. The second kappa shape index (κ2) is 11.0. The Bertz CT molecular complexity index is 1920. The number of nitrogens with one attached hydrogen (secondary N) is 2. The molecule has 25 heteroatoms. The van der Waals surface area contributed by atoms with Crippen molar-refractivity contribution in [1.29, 1.82) is 0 Å². The largest absolute Gasteiger partial charge is 0.391 e. The summed E-state index contributed by atoms with van der Waals surface area (Å²) in [5, 5.41) is 13.6. The highest BCUT2D eigenvalue weighted by atomic mass is 32.5. The standard InChI is InChI=1S/C22H31N11O10P2S2/c1-26-33(15-12(23)17(34)31-18(25)30-15)20-4-11(38-7-20)5-40-44(36,46)43-21-3-2-19(21,6-41-45(37,47)42-20)39-8-22(21,35)32-10-29-13-14(24)27-9-28-16(13)32/h9-11,26,35H,2-8,23H2,1H3,(H,36,46)(H,37,47)(H2,24,27,28)(H3,25,30,31,34)/t11?,19-,20-,21?,22-,44?,45?/m1/s1. The van der Waals surface area contributed by atoms with Crippen LogP contribution in [0.1, 0.15) is 19.3 Å². The zero-order valence-electron chi connectivity index (χ0n) is 24.5. The Morgan fingerprint density at radius 3 is 2.60 bits per heavy atom. The van der Waals surface area contributed by atoms with Gasteiger partial charge in [-0.05, 0) is 36.5 Å². The van der Waals surface area contributed by atoms with Gasteiger partial charge >= 0.3 is 13.4 Å². The number of rotatable bonds is 4. The molecule has 3 aliphatic heterocycles. The zero-order chi connectivity index (χ0) is 33.6. The highest BCUT2D eigenvalue weighted by molar-refractivity contribution is 8.07. The summed E-state index contributed by atoms with van der Waals surface area (Å²) < 4.78 is 37.6. The third-order valence-electron chi connectivity index (χ3n) is 8.90. The smallest absolute Gasteiger partial charge is 0.326 e. The quantitative estimate of drug-likeness (QED) is 0.109. The normalized spacial score (nSPS) is 38.9. The fraction of sp³-hybridized carbons (Fsp3) is 0.591. The van der Waals surface area contributed by atoms with Crippen molar-refractivity contribution in [2.45, 2.75) is 48.0 Å². The molecule has 0 amide bonds. The maximum absolute atomic E-state index is 12.5. The number of nitrogen functional groups attached to an aromatic ring is 3. The van der Waals surface area contributed by atoms with Gasteiger partial charge in [0.05, 0.1) is 38.9 Å². The summed E-state index contributed by atoms with van der Waals surface area (Å²) in [7, 11) is 1.48. The number of nitrogens with two attached hydrogens (primary N) is 3. The molecule has 3 aromatic heterocycles. The summed E-state index contributed by atoms with van der Waals surface area (Å²) in [5.74, 6) is -0.323.